The van der Waals surface area contributed by atoms with Crippen molar-refractivity contribution in [3.8, 4) is 0 Å². The minimum atomic E-state index is -1.15. The summed E-state index contributed by atoms with van der Waals surface area (Å²) in [6, 6.07) is 0.596. The Morgan fingerprint density at radius 3 is 2.22 bits per heavy atom. The molecule has 3 nitrogen and oxygen atoms in total. The van der Waals surface area contributed by atoms with Crippen LogP contribution in [0.4, 0.5) is 18.9 Å². The van der Waals surface area contributed by atoms with Gasteiger partial charge in [-0.15, -0.1) is 0 Å². The standard InChI is InChI=1S/C12H15F3N2O/c1-6(2)10(16)5-11(18)17-12-8(14)3-7(13)4-9(12)15/h3-4,6,10H,5,16H2,1-2H3,(H,17,18). The van der Waals surface area contributed by atoms with Crippen LogP contribution in [0.25, 0.3) is 0 Å². The van der Waals surface area contributed by atoms with Crippen molar-refractivity contribution >= 4 is 11.6 Å². The van der Waals surface area contributed by atoms with Gasteiger partial charge in [0.1, 0.15) is 11.5 Å². The molecule has 3 N–H and O–H groups in total. The highest BCUT2D eigenvalue weighted by Crippen LogP contribution is 2.20. The van der Waals surface area contributed by atoms with Gasteiger partial charge in [-0.25, -0.2) is 13.2 Å². The fourth-order valence-corrected chi connectivity index (χ4v) is 1.30. The van der Waals surface area contributed by atoms with Gasteiger partial charge in [0, 0.05) is 24.6 Å². The van der Waals surface area contributed by atoms with Crippen LogP contribution in [0.2, 0.25) is 0 Å². The van der Waals surface area contributed by atoms with Crippen LogP contribution in [0.15, 0.2) is 12.1 Å². The summed E-state index contributed by atoms with van der Waals surface area (Å²) < 4.78 is 39.1. The van der Waals surface area contributed by atoms with Gasteiger partial charge in [0.05, 0.1) is 0 Å². The van der Waals surface area contributed by atoms with Crippen LogP contribution in [-0.2, 0) is 4.79 Å². The maximum atomic E-state index is 13.2. The lowest BCUT2D eigenvalue weighted by atomic mass is 10.0. The smallest absolute Gasteiger partial charge is 0.226 e. The summed E-state index contributed by atoms with van der Waals surface area (Å²) in [6.45, 7) is 3.66. The lowest BCUT2D eigenvalue weighted by Gasteiger charge is -2.15. The van der Waals surface area contributed by atoms with Gasteiger partial charge in [0.15, 0.2) is 11.6 Å². The molecule has 0 aromatic heterocycles. The van der Waals surface area contributed by atoms with Crippen LogP contribution < -0.4 is 11.1 Å². The molecule has 0 radical (unpaired) electrons. The van der Waals surface area contributed by atoms with Crippen molar-refractivity contribution in [3.05, 3.63) is 29.6 Å². The summed E-state index contributed by atoms with van der Waals surface area (Å²) in [7, 11) is 0. The zero-order valence-electron chi connectivity index (χ0n) is 10.1. The second kappa shape index (κ2) is 5.86. The summed E-state index contributed by atoms with van der Waals surface area (Å²) in [4.78, 5) is 11.5. The van der Waals surface area contributed by atoms with Crippen molar-refractivity contribution in [3.63, 3.8) is 0 Å². The summed E-state index contributed by atoms with van der Waals surface area (Å²) in [5.41, 5.74) is 5.01. The van der Waals surface area contributed by atoms with E-state index in [-0.39, 0.29) is 12.3 Å². The highest BCUT2D eigenvalue weighted by Gasteiger charge is 2.17. The lowest BCUT2D eigenvalue weighted by molar-refractivity contribution is -0.116. The largest absolute Gasteiger partial charge is 0.327 e. The van der Waals surface area contributed by atoms with Crippen molar-refractivity contribution in [2.24, 2.45) is 11.7 Å². The Balaban J connectivity index is 2.77. The number of carbonyl (C=O) groups excluding carboxylic acids is 1. The number of hydrogen-bond donors (Lipinski definition) is 2. The molecule has 1 aromatic carbocycles. The Hall–Kier alpha value is -1.56. The molecule has 0 aliphatic rings. The first kappa shape index (κ1) is 14.5. The molecule has 18 heavy (non-hydrogen) atoms. The molecule has 0 bridgehead atoms. The molecule has 1 unspecified atom stereocenters. The molecule has 0 heterocycles. The second-order valence-electron chi connectivity index (χ2n) is 4.40. The third kappa shape index (κ3) is 3.73. The molecule has 0 aliphatic carbocycles. The van der Waals surface area contributed by atoms with Crippen molar-refractivity contribution in [2.45, 2.75) is 26.3 Å². The van der Waals surface area contributed by atoms with Gasteiger partial charge >= 0.3 is 0 Å². The van der Waals surface area contributed by atoms with E-state index in [9.17, 15) is 18.0 Å². The molecule has 0 saturated carbocycles. The molecule has 0 saturated heterocycles. The average Bonchev–Trinajstić information content (AvgIpc) is 2.23. The predicted octanol–water partition coefficient (Wildman–Crippen LogP) is 2.42. The van der Waals surface area contributed by atoms with Gasteiger partial charge in [0.25, 0.3) is 0 Å². The number of anilines is 1. The molecule has 0 fully saturated rings. The van der Waals surface area contributed by atoms with Crippen molar-refractivity contribution in [2.75, 3.05) is 5.32 Å². The number of nitrogens with one attached hydrogen (secondary N) is 1. The van der Waals surface area contributed by atoms with E-state index < -0.39 is 35.1 Å². The van der Waals surface area contributed by atoms with Crippen LogP contribution in [-0.4, -0.2) is 11.9 Å². The van der Waals surface area contributed by atoms with Crippen molar-refractivity contribution < 1.29 is 18.0 Å². The van der Waals surface area contributed by atoms with Gasteiger partial charge in [0.2, 0.25) is 5.91 Å². The zero-order chi connectivity index (χ0) is 13.9. The van der Waals surface area contributed by atoms with E-state index in [0.717, 1.165) is 0 Å². The average molecular weight is 260 g/mol. The molecular weight excluding hydrogens is 245 g/mol. The Morgan fingerprint density at radius 2 is 1.78 bits per heavy atom. The predicted molar refractivity (Wildman–Crippen MR) is 62.4 cm³/mol. The van der Waals surface area contributed by atoms with E-state index in [1.165, 1.54) is 0 Å². The maximum Gasteiger partial charge on any atom is 0.226 e. The van der Waals surface area contributed by atoms with Gasteiger partial charge in [-0.3, -0.25) is 4.79 Å². The van der Waals surface area contributed by atoms with Crippen LogP contribution in [0, 0.1) is 23.4 Å². The number of carbonyl (C=O) groups is 1. The van der Waals surface area contributed by atoms with Crippen molar-refractivity contribution in [1.29, 1.82) is 0 Å². The maximum absolute atomic E-state index is 13.2. The zero-order valence-corrected chi connectivity index (χ0v) is 10.1. The van der Waals surface area contributed by atoms with Gasteiger partial charge in [-0.1, -0.05) is 13.8 Å². The molecular formula is C12H15F3N2O. The Labute approximate surface area is 103 Å². The fourth-order valence-electron chi connectivity index (χ4n) is 1.30. The van der Waals surface area contributed by atoms with E-state index in [2.05, 4.69) is 5.32 Å². The van der Waals surface area contributed by atoms with Crippen molar-refractivity contribution in [1.82, 2.24) is 0 Å². The molecule has 1 rings (SSSR count). The number of benzene rings is 1. The quantitative estimate of drug-likeness (QED) is 0.873. The first-order chi connectivity index (χ1) is 8.31. The molecule has 0 spiro atoms. The third-order valence-corrected chi connectivity index (χ3v) is 2.55. The SMILES string of the molecule is CC(C)C(N)CC(=O)Nc1c(F)cc(F)cc1F. The highest BCUT2D eigenvalue weighted by atomic mass is 19.1. The topological polar surface area (TPSA) is 55.1 Å². The van der Waals surface area contributed by atoms with E-state index in [4.69, 9.17) is 5.73 Å². The summed E-state index contributed by atoms with van der Waals surface area (Å²) >= 11 is 0. The number of halogens is 3. The Bertz CT molecular complexity index is 426. The Morgan fingerprint density at radius 1 is 1.28 bits per heavy atom. The van der Waals surface area contributed by atoms with Gasteiger partial charge in [-0.2, -0.15) is 0 Å². The molecule has 1 atom stereocenters. The summed E-state index contributed by atoms with van der Waals surface area (Å²) in [6.07, 6.45) is -0.0616. The monoisotopic (exact) mass is 260 g/mol. The second-order valence-corrected chi connectivity index (χ2v) is 4.40. The molecule has 6 heteroatoms. The van der Waals surface area contributed by atoms with Crippen LogP contribution >= 0.6 is 0 Å². The Kier molecular flexibility index (Phi) is 4.72. The minimum absolute atomic E-state index is 0.0616. The van der Waals surface area contributed by atoms with Gasteiger partial charge < -0.3 is 11.1 Å². The van der Waals surface area contributed by atoms with E-state index >= 15 is 0 Å². The summed E-state index contributed by atoms with van der Waals surface area (Å²) in [5.74, 6) is -3.89. The molecule has 100 valence electrons. The third-order valence-electron chi connectivity index (χ3n) is 2.55. The van der Waals surface area contributed by atoms with Crippen LogP contribution in [0.1, 0.15) is 20.3 Å². The number of nitrogens with two attached hydrogens (primary N) is 1. The van der Waals surface area contributed by atoms with Gasteiger partial charge in [-0.05, 0) is 5.92 Å². The van der Waals surface area contributed by atoms with E-state index in [0.29, 0.717) is 12.1 Å². The molecule has 1 aromatic rings. The number of rotatable bonds is 4. The minimum Gasteiger partial charge on any atom is -0.327 e. The first-order valence-corrected chi connectivity index (χ1v) is 5.51. The molecule has 1 amide bonds. The van der Waals surface area contributed by atoms with Crippen LogP contribution in [0.5, 0.6) is 0 Å². The van der Waals surface area contributed by atoms with E-state index in [1.54, 1.807) is 0 Å². The van der Waals surface area contributed by atoms with Crippen LogP contribution in [0.3, 0.4) is 0 Å². The summed E-state index contributed by atoms with van der Waals surface area (Å²) in [5, 5.41) is 2.06. The fraction of sp³-hybridized carbons (Fsp3) is 0.417. The highest BCUT2D eigenvalue weighted by molar-refractivity contribution is 5.91. The first-order valence-electron chi connectivity index (χ1n) is 5.51. The normalized spacial score (nSPS) is 12.6. The number of hydrogen-bond acceptors (Lipinski definition) is 2. The molecule has 0 aliphatic heterocycles. The van der Waals surface area contributed by atoms with E-state index in [1.807, 2.05) is 13.8 Å². The lowest BCUT2D eigenvalue weighted by Crippen LogP contribution is -2.31. The number of amides is 1.